The van der Waals surface area contributed by atoms with E-state index in [9.17, 15) is 9.59 Å². The minimum atomic E-state index is -0.319. The molecule has 0 bridgehead atoms. The van der Waals surface area contributed by atoms with Gasteiger partial charge in [0.05, 0.1) is 6.54 Å². The Bertz CT molecular complexity index is 993. The van der Waals surface area contributed by atoms with E-state index in [1.165, 1.54) is 5.56 Å². The first-order valence-corrected chi connectivity index (χ1v) is 9.82. The first-order valence-electron chi connectivity index (χ1n) is 9.82. The molecule has 29 heavy (non-hydrogen) atoms. The van der Waals surface area contributed by atoms with Crippen LogP contribution in [0.25, 0.3) is 0 Å². The van der Waals surface area contributed by atoms with Gasteiger partial charge in [0.2, 0.25) is 0 Å². The van der Waals surface area contributed by atoms with E-state index in [1.807, 2.05) is 44.4 Å². The van der Waals surface area contributed by atoms with Crippen LogP contribution in [-0.4, -0.2) is 31.1 Å². The van der Waals surface area contributed by atoms with Gasteiger partial charge in [0.1, 0.15) is 5.56 Å². The molecular formula is C24H27N3O2. The Morgan fingerprint density at radius 3 is 2.34 bits per heavy atom. The molecule has 150 valence electrons. The van der Waals surface area contributed by atoms with E-state index in [0.717, 1.165) is 24.1 Å². The van der Waals surface area contributed by atoms with Gasteiger partial charge in [-0.2, -0.15) is 0 Å². The Hall–Kier alpha value is -3.34. The Kier molecular flexibility index (Phi) is 6.85. The molecule has 0 unspecified atom stereocenters. The molecule has 3 rings (SSSR count). The Morgan fingerprint density at radius 2 is 1.66 bits per heavy atom. The fraction of sp³-hybridized carbons (Fsp3) is 0.250. The van der Waals surface area contributed by atoms with Crippen molar-refractivity contribution in [2.24, 2.45) is 0 Å². The number of nitrogens with zero attached hydrogens (tertiary/aromatic N) is 2. The minimum Gasteiger partial charge on any atom is -0.378 e. The van der Waals surface area contributed by atoms with Crippen LogP contribution in [0.5, 0.6) is 0 Å². The van der Waals surface area contributed by atoms with Gasteiger partial charge < -0.3 is 14.8 Å². The van der Waals surface area contributed by atoms with E-state index < -0.39 is 0 Å². The number of rotatable bonds is 8. The zero-order valence-corrected chi connectivity index (χ0v) is 17.0. The van der Waals surface area contributed by atoms with Crippen molar-refractivity contribution in [2.45, 2.75) is 19.4 Å². The molecule has 0 aliphatic heterocycles. The number of aromatic nitrogens is 1. The van der Waals surface area contributed by atoms with Gasteiger partial charge in [0.25, 0.3) is 11.5 Å². The number of benzene rings is 2. The third-order valence-electron chi connectivity index (χ3n) is 4.84. The number of hydrogen-bond donors (Lipinski definition) is 1. The molecule has 0 aliphatic rings. The van der Waals surface area contributed by atoms with Crippen LogP contribution < -0.4 is 15.8 Å². The van der Waals surface area contributed by atoms with Crippen LogP contribution in [0.4, 0.5) is 5.69 Å². The van der Waals surface area contributed by atoms with E-state index >= 15 is 0 Å². The number of carbonyl (C=O) groups excluding carboxylic acids is 1. The third kappa shape index (κ3) is 5.57. The molecule has 3 aromatic rings. The molecule has 5 heteroatoms. The standard InChI is InChI=1S/C24H27N3O2/c1-26(2)21-14-12-19(13-15-21)10-6-16-25-23(28)22-11-7-17-27(24(22)29)18-20-8-4-3-5-9-20/h3-5,7-9,11-15,17H,6,10,16,18H2,1-2H3,(H,25,28). The van der Waals surface area contributed by atoms with Gasteiger partial charge in [-0.1, -0.05) is 42.5 Å². The molecule has 5 nitrogen and oxygen atoms in total. The maximum absolute atomic E-state index is 12.7. The van der Waals surface area contributed by atoms with Crippen LogP contribution in [0.15, 0.2) is 77.7 Å². The quantitative estimate of drug-likeness (QED) is 0.601. The Morgan fingerprint density at radius 1 is 0.931 bits per heavy atom. The van der Waals surface area contributed by atoms with Gasteiger partial charge in [-0.05, 0) is 48.2 Å². The average Bonchev–Trinajstić information content (AvgIpc) is 2.73. The van der Waals surface area contributed by atoms with Crippen LogP contribution in [0.2, 0.25) is 0 Å². The molecule has 0 aliphatic carbocycles. The number of pyridine rings is 1. The zero-order chi connectivity index (χ0) is 20.6. The van der Waals surface area contributed by atoms with Crippen LogP contribution in [0.1, 0.15) is 27.9 Å². The molecule has 0 atom stereocenters. The first kappa shape index (κ1) is 20.4. The molecule has 1 N–H and O–H groups in total. The predicted molar refractivity (Wildman–Crippen MR) is 118 cm³/mol. The third-order valence-corrected chi connectivity index (χ3v) is 4.84. The normalized spacial score (nSPS) is 10.6. The highest BCUT2D eigenvalue weighted by atomic mass is 16.2. The second kappa shape index (κ2) is 9.73. The van der Waals surface area contributed by atoms with Crippen molar-refractivity contribution in [3.8, 4) is 0 Å². The molecule has 1 amide bonds. The number of nitrogens with one attached hydrogen (secondary N) is 1. The summed E-state index contributed by atoms with van der Waals surface area (Å²) in [6.07, 6.45) is 3.41. The van der Waals surface area contributed by atoms with E-state index in [1.54, 1.807) is 22.9 Å². The smallest absolute Gasteiger partial charge is 0.263 e. The summed E-state index contributed by atoms with van der Waals surface area (Å²) in [7, 11) is 4.03. The zero-order valence-electron chi connectivity index (χ0n) is 17.0. The molecule has 0 spiro atoms. The van der Waals surface area contributed by atoms with Gasteiger partial charge in [0, 0.05) is 32.5 Å². The molecule has 2 aromatic carbocycles. The lowest BCUT2D eigenvalue weighted by Crippen LogP contribution is -2.33. The number of hydrogen-bond acceptors (Lipinski definition) is 3. The Labute approximate surface area is 171 Å². The molecule has 0 saturated carbocycles. The van der Waals surface area contributed by atoms with Crippen molar-refractivity contribution in [2.75, 3.05) is 25.5 Å². The van der Waals surface area contributed by atoms with Crippen molar-refractivity contribution in [1.82, 2.24) is 9.88 Å². The lowest BCUT2D eigenvalue weighted by atomic mass is 10.1. The van der Waals surface area contributed by atoms with Crippen LogP contribution in [-0.2, 0) is 13.0 Å². The number of anilines is 1. The summed E-state index contributed by atoms with van der Waals surface area (Å²) < 4.78 is 1.57. The second-order valence-corrected chi connectivity index (χ2v) is 7.26. The summed E-state index contributed by atoms with van der Waals surface area (Å²) in [5.41, 5.74) is 3.33. The average molecular weight is 389 g/mol. The van der Waals surface area contributed by atoms with Crippen molar-refractivity contribution >= 4 is 11.6 Å². The van der Waals surface area contributed by atoms with Crippen LogP contribution >= 0.6 is 0 Å². The summed E-state index contributed by atoms with van der Waals surface area (Å²) in [6, 6.07) is 21.5. The summed E-state index contributed by atoms with van der Waals surface area (Å²) in [5.74, 6) is -0.319. The molecule has 0 fully saturated rings. The SMILES string of the molecule is CN(C)c1ccc(CCCNC(=O)c2cccn(Cc3ccccc3)c2=O)cc1. The minimum absolute atomic E-state index is 0.179. The first-order chi connectivity index (χ1) is 14.0. The van der Waals surface area contributed by atoms with Crippen molar-refractivity contribution < 1.29 is 4.79 Å². The molecule has 0 saturated heterocycles. The van der Waals surface area contributed by atoms with Gasteiger partial charge >= 0.3 is 0 Å². The van der Waals surface area contributed by atoms with Crippen molar-refractivity contribution in [1.29, 1.82) is 0 Å². The predicted octanol–water partition coefficient (Wildman–Crippen LogP) is 3.33. The lowest BCUT2D eigenvalue weighted by Gasteiger charge is -2.12. The van der Waals surface area contributed by atoms with Gasteiger partial charge in [-0.25, -0.2) is 0 Å². The monoisotopic (exact) mass is 389 g/mol. The van der Waals surface area contributed by atoms with Gasteiger partial charge in [0.15, 0.2) is 0 Å². The maximum atomic E-state index is 12.7. The highest BCUT2D eigenvalue weighted by Crippen LogP contribution is 2.13. The summed E-state index contributed by atoms with van der Waals surface area (Å²) in [4.78, 5) is 27.2. The number of amides is 1. The van der Waals surface area contributed by atoms with E-state index in [4.69, 9.17) is 0 Å². The lowest BCUT2D eigenvalue weighted by molar-refractivity contribution is 0.0951. The fourth-order valence-corrected chi connectivity index (χ4v) is 3.16. The highest BCUT2D eigenvalue weighted by molar-refractivity contribution is 5.93. The van der Waals surface area contributed by atoms with Crippen LogP contribution in [0.3, 0.4) is 0 Å². The van der Waals surface area contributed by atoms with Crippen LogP contribution in [0, 0.1) is 0 Å². The van der Waals surface area contributed by atoms with Crippen molar-refractivity contribution in [3.05, 3.63) is 100.0 Å². The topological polar surface area (TPSA) is 54.3 Å². The summed E-state index contributed by atoms with van der Waals surface area (Å²) in [6.45, 7) is 0.977. The highest BCUT2D eigenvalue weighted by Gasteiger charge is 2.11. The van der Waals surface area contributed by atoms with E-state index in [2.05, 4.69) is 34.5 Å². The molecular weight excluding hydrogens is 362 g/mol. The maximum Gasteiger partial charge on any atom is 0.263 e. The Balaban J connectivity index is 1.54. The molecule has 1 aromatic heterocycles. The molecule has 1 heterocycles. The van der Waals surface area contributed by atoms with E-state index in [-0.39, 0.29) is 17.0 Å². The number of aryl methyl sites for hydroxylation is 1. The summed E-state index contributed by atoms with van der Waals surface area (Å²) >= 11 is 0. The van der Waals surface area contributed by atoms with Gasteiger partial charge in [-0.3, -0.25) is 9.59 Å². The van der Waals surface area contributed by atoms with Crippen molar-refractivity contribution in [3.63, 3.8) is 0 Å². The second-order valence-electron chi connectivity index (χ2n) is 7.26. The molecule has 0 radical (unpaired) electrons. The number of carbonyl (C=O) groups is 1. The largest absolute Gasteiger partial charge is 0.378 e. The van der Waals surface area contributed by atoms with E-state index in [0.29, 0.717) is 13.1 Å². The summed E-state index contributed by atoms with van der Waals surface area (Å²) in [5, 5.41) is 2.87. The van der Waals surface area contributed by atoms with Gasteiger partial charge in [-0.15, -0.1) is 0 Å². The fourth-order valence-electron chi connectivity index (χ4n) is 3.16.